The van der Waals surface area contributed by atoms with E-state index in [0.29, 0.717) is 11.8 Å². The third-order valence-electron chi connectivity index (χ3n) is 5.02. The molecule has 1 aliphatic rings. The highest BCUT2D eigenvalue weighted by Gasteiger charge is 2.26. The van der Waals surface area contributed by atoms with E-state index in [-0.39, 0.29) is 0 Å². The van der Waals surface area contributed by atoms with Crippen LogP contribution in [0.5, 0.6) is 0 Å². The van der Waals surface area contributed by atoms with Crippen LogP contribution >= 0.6 is 0 Å². The lowest BCUT2D eigenvalue weighted by molar-refractivity contribution is 0.388. The molecule has 0 radical (unpaired) electrons. The summed E-state index contributed by atoms with van der Waals surface area (Å²) in [7, 11) is 0. The first kappa shape index (κ1) is 15.0. The fourth-order valence-corrected chi connectivity index (χ4v) is 3.85. The second kappa shape index (κ2) is 6.48. The Bertz CT molecular complexity index is 671. The maximum Gasteiger partial charge on any atom is 0.0509 e. The molecule has 1 heterocycles. The van der Waals surface area contributed by atoms with Gasteiger partial charge in [-0.25, -0.2) is 0 Å². The summed E-state index contributed by atoms with van der Waals surface area (Å²) in [6.45, 7) is 8.33. The molecule has 0 aliphatic heterocycles. The van der Waals surface area contributed by atoms with Crippen molar-refractivity contribution in [3.63, 3.8) is 0 Å². The first-order valence-corrected chi connectivity index (χ1v) is 8.33. The van der Waals surface area contributed by atoms with Crippen LogP contribution in [0.25, 0.3) is 6.08 Å². The van der Waals surface area contributed by atoms with Crippen molar-refractivity contribution in [1.82, 2.24) is 4.98 Å². The minimum atomic E-state index is 0.562. The van der Waals surface area contributed by atoms with Gasteiger partial charge in [-0.15, -0.1) is 0 Å². The topological polar surface area (TPSA) is 12.9 Å². The molecule has 22 heavy (non-hydrogen) atoms. The average molecular weight is 291 g/mol. The summed E-state index contributed by atoms with van der Waals surface area (Å²) in [5.41, 5.74) is 6.65. The molecule has 114 valence electrons. The lowest BCUT2D eigenvalue weighted by atomic mass is 9.75. The van der Waals surface area contributed by atoms with Crippen molar-refractivity contribution >= 4 is 6.08 Å². The van der Waals surface area contributed by atoms with Crippen molar-refractivity contribution in [2.45, 2.75) is 51.4 Å². The maximum atomic E-state index is 4.71. The molecule has 0 amide bonds. The van der Waals surface area contributed by atoms with Gasteiger partial charge in [-0.05, 0) is 61.8 Å². The highest BCUT2D eigenvalue weighted by Crippen LogP contribution is 2.42. The second-order valence-corrected chi connectivity index (χ2v) is 6.61. The number of hydrogen-bond acceptors (Lipinski definition) is 1. The van der Waals surface area contributed by atoms with Crippen molar-refractivity contribution in [1.29, 1.82) is 0 Å². The molecule has 1 saturated carbocycles. The van der Waals surface area contributed by atoms with Gasteiger partial charge in [0.2, 0.25) is 0 Å². The molecule has 1 aliphatic carbocycles. The van der Waals surface area contributed by atoms with Gasteiger partial charge in [0, 0.05) is 12.1 Å². The fraction of sp³-hybridized carbons (Fsp3) is 0.381. The van der Waals surface area contributed by atoms with Crippen molar-refractivity contribution in [2.24, 2.45) is 0 Å². The number of aromatic nitrogens is 1. The SMILES string of the molecule is C=Cc1c(C)ccnc1C1CCCC(c2cccc(C)c2)C1. The lowest BCUT2D eigenvalue weighted by Crippen LogP contribution is -2.15. The zero-order valence-electron chi connectivity index (χ0n) is 13.7. The van der Waals surface area contributed by atoms with Gasteiger partial charge in [0.05, 0.1) is 5.69 Å². The molecule has 0 bridgehead atoms. The van der Waals surface area contributed by atoms with Gasteiger partial charge in [0.25, 0.3) is 0 Å². The summed E-state index contributed by atoms with van der Waals surface area (Å²) in [6.07, 6.45) is 8.98. The van der Waals surface area contributed by atoms with Crippen LogP contribution in [0.3, 0.4) is 0 Å². The third-order valence-corrected chi connectivity index (χ3v) is 5.02. The largest absolute Gasteiger partial charge is 0.260 e. The predicted molar refractivity (Wildman–Crippen MR) is 94.2 cm³/mol. The van der Waals surface area contributed by atoms with E-state index in [1.54, 1.807) is 0 Å². The number of pyridine rings is 1. The van der Waals surface area contributed by atoms with Gasteiger partial charge in [-0.2, -0.15) is 0 Å². The molecule has 0 spiro atoms. The Kier molecular flexibility index (Phi) is 4.42. The van der Waals surface area contributed by atoms with Gasteiger partial charge in [-0.1, -0.05) is 48.9 Å². The molecule has 2 aromatic rings. The normalized spacial score (nSPS) is 21.5. The van der Waals surface area contributed by atoms with Crippen LogP contribution in [0.1, 0.15) is 65.5 Å². The van der Waals surface area contributed by atoms with E-state index in [0.717, 1.165) is 0 Å². The van der Waals surface area contributed by atoms with E-state index >= 15 is 0 Å². The molecule has 1 fully saturated rings. The van der Waals surface area contributed by atoms with E-state index in [1.165, 1.54) is 53.6 Å². The molecule has 3 rings (SSSR count). The van der Waals surface area contributed by atoms with E-state index < -0.39 is 0 Å². The minimum absolute atomic E-state index is 0.562. The summed E-state index contributed by atoms with van der Waals surface area (Å²) < 4.78 is 0. The molecular formula is C21H25N. The average Bonchev–Trinajstić information content (AvgIpc) is 2.55. The molecule has 0 N–H and O–H groups in total. The van der Waals surface area contributed by atoms with Crippen LogP contribution in [-0.2, 0) is 0 Å². The monoisotopic (exact) mass is 291 g/mol. The van der Waals surface area contributed by atoms with Crippen molar-refractivity contribution in [2.75, 3.05) is 0 Å². The van der Waals surface area contributed by atoms with E-state index in [9.17, 15) is 0 Å². The Hall–Kier alpha value is -1.89. The first-order chi connectivity index (χ1) is 10.7. The Morgan fingerprint density at radius 2 is 1.95 bits per heavy atom. The molecule has 1 aromatic heterocycles. The number of rotatable bonds is 3. The van der Waals surface area contributed by atoms with Crippen LogP contribution in [0.4, 0.5) is 0 Å². The molecule has 1 nitrogen and oxygen atoms in total. The summed E-state index contributed by atoms with van der Waals surface area (Å²) >= 11 is 0. The summed E-state index contributed by atoms with van der Waals surface area (Å²) in [5, 5.41) is 0. The molecule has 0 saturated heterocycles. The first-order valence-electron chi connectivity index (χ1n) is 8.33. The highest BCUT2D eigenvalue weighted by atomic mass is 14.7. The van der Waals surface area contributed by atoms with Gasteiger partial charge in [0.1, 0.15) is 0 Å². The number of nitrogens with zero attached hydrogens (tertiary/aromatic N) is 1. The van der Waals surface area contributed by atoms with Crippen LogP contribution in [0.15, 0.2) is 43.1 Å². The Labute approximate surface area is 134 Å². The quantitative estimate of drug-likeness (QED) is 0.698. The highest BCUT2D eigenvalue weighted by molar-refractivity contribution is 5.55. The van der Waals surface area contributed by atoms with Gasteiger partial charge >= 0.3 is 0 Å². The fourth-order valence-electron chi connectivity index (χ4n) is 3.85. The molecule has 2 unspecified atom stereocenters. The Morgan fingerprint density at radius 1 is 1.14 bits per heavy atom. The van der Waals surface area contributed by atoms with Crippen molar-refractivity contribution in [3.05, 3.63) is 71.1 Å². The van der Waals surface area contributed by atoms with Crippen LogP contribution < -0.4 is 0 Å². The zero-order valence-corrected chi connectivity index (χ0v) is 13.7. The number of benzene rings is 1. The van der Waals surface area contributed by atoms with Crippen LogP contribution in [0, 0.1) is 13.8 Å². The van der Waals surface area contributed by atoms with Gasteiger partial charge in [0.15, 0.2) is 0 Å². The summed E-state index contributed by atoms with van der Waals surface area (Å²) in [4.78, 5) is 4.71. The number of hydrogen-bond donors (Lipinski definition) is 0. The summed E-state index contributed by atoms with van der Waals surface area (Å²) in [5.74, 6) is 1.23. The molecule has 1 aromatic carbocycles. The summed E-state index contributed by atoms with van der Waals surface area (Å²) in [6, 6.07) is 11.1. The predicted octanol–water partition coefficient (Wildman–Crippen LogP) is 5.78. The van der Waals surface area contributed by atoms with Crippen LogP contribution in [0.2, 0.25) is 0 Å². The Balaban J connectivity index is 1.88. The van der Waals surface area contributed by atoms with E-state index in [2.05, 4.69) is 50.8 Å². The van der Waals surface area contributed by atoms with E-state index in [1.807, 2.05) is 12.3 Å². The van der Waals surface area contributed by atoms with Gasteiger partial charge < -0.3 is 0 Å². The van der Waals surface area contributed by atoms with Gasteiger partial charge in [-0.3, -0.25) is 4.98 Å². The van der Waals surface area contributed by atoms with Crippen LogP contribution in [-0.4, -0.2) is 4.98 Å². The zero-order chi connectivity index (χ0) is 15.5. The number of aryl methyl sites for hydroxylation is 2. The molecule has 2 atom stereocenters. The third kappa shape index (κ3) is 2.99. The molecule has 1 heteroatoms. The standard InChI is InChI=1S/C21H25N/c1-4-20-16(3)11-12-22-21(20)19-10-6-9-18(14-19)17-8-5-7-15(2)13-17/h4-5,7-8,11-13,18-19H,1,6,9-10,14H2,2-3H3. The minimum Gasteiger partial charge on any atom is -0.260 e. The smallest absolute Gasteiger partial charge is 0.0509 e. The lowest BCUT2D eigenvalue weighted by Gasteiger charge is -2.30. The molecular weight excluding hydrogens is 266 g/mol. The Morgan fingerprint density at radius 3 is 2.73 bits per heavy atom. The second-order valence-electron chi connectivity index (χ2n) is 6.61. The van der Waals surface area contributed by atoms with Crippen molar-refractivity contribution in [3.8, 4) is 0 Å². The maximum absolute atomic E-state index is 4.71. The van der Waals surface area contributed by atoms with Crippen molar-refractivity contribution < 1.29 is 0 Å². The van der Waals surface area contributed by atoms with E-state index in [4.69, 9.17) is 4.98 Å².